The van der Waals surface area contributed by atoms with E-state index in [0.29, 0.717) is 5.75 Å². The lowest BCUT2D eigenvalue weighted by molar-refractivity contribution is 0.0936. The average Bonchev–Trinajstić information content (AvgIpc) is 2.92. The van der Waals surface area contributed by atoms with Gasteiger partial charge in [0.25, 0.3) is 5.91 Å². The van der Waals surface area contributed by atoms with Crippen molar-refractivity contribution in [1.29, 1.82) is 0 Å². The van der Waals surface area contributed by atoms with Gasteiger partial charge >= 0.3 is 0 Å². The molecule has 1 amide bonds. The third-order valence-electron chi connectivity index (χ3n) is 2.74. The molecule has 1 aromatic carbocycles. The molecule has 1 N–H and O–H groups in total. The van der Waals surface area contributed by atoms with E-state index >= 15 is 0 Å². The summed E-state index contributed by atoms with van der Waals surface area (Å²) in [5.74, 6) is -0.628. The average molecular weight is 279 g/mol. The zero-order valence-corrected chi connectivity index (χ0v) is 11.5. The fourth-order valence-corrected chi connectivity index (χ4v) is 2.42. The van der Waals surface area contributed by atoms with Crippen molar-refractivity contribution in [2.75, 3.05) is 7.11 Å². The number of rotatable bonds is 4. The Labute approximate surface area is 115 Å². The van der Waals surface area contributed by atoms with Crippen LogP contribution in [-0.4, -0.2) is 13.0 Å². The van der Waals surface area contributed by atoms with Gasteiger partial charge in [-0.15, -0.1) is 11.3 Å². The quantitative estimate of drug-likeness (QED) is 0.931. The summed E-state index contributed by atoms with van der Waals surface area (Å²) in [6.45, 7) is 1.87. The lowest BCUT2D eigenvalue weighted by atomic mass is 10.1. The fraction of sp³-hybridized carbons (Fsp3) is 0.214. The number of methoxy groups -OCH3 is 1. The van der Waals surface area contributed by atoms with E-state index in [1.54, 1.807) is 17.4 Å². The number of benzene rings is 1. The van der Waals surface area contributed by atoms with Crippen molar-refractivity contribution in [3.8, 4) is 5.75 Å². The maximum atomic E-state index is 13.7. The van der Waals surface area contributed by atoms with Gasteiger partial charge in [-0.1, -0.05) is 6.07 Å². The van der Waals surface area contributed by atoms with Crippen LogP contribution in [0, 0.1) is 5.82 Å². The van der Waals surface area contributed by atoms with Gasteiger partial charge in [0.15, 0.2) is 0 Å². The molecule has 100 valence electrons. The van der Waals surface area contributed by atoms with Gasteiger partial charge in [-0.2, -0.15) is 0 Å². The van der Waals surface area contributed by atoms with Crippen molar-refractivity contribution in [2.24, 2.45) is 0 Å². The molecule has 5 heteroatoms. The smallest absolute Gasteiger partial charge is 0.254 e. The lowest BCUT2D eigenvalue weighted by Crippen LogP contribution is -2.26. The van der Waals surface area contributed by atoms with E-state index in [2.05, 4.69) is 5.32 Å². The minimum atomic E-state index is -0.588. The molecule has 0 saturated carbocycles. The molecule has 0 aliphatic heterocycles. The largest absolute Gasteiger partial charge is 0.497 e. The number of amides is 1. The highest BCUT2D eigenvalue weighted by Crippen LogP contribution is 2.20. The Morgan fingerprint density at radius 1 is 1.42 bits per heavy atom. The molecule has 2 rings (SSSR count). The Hall–Kier alpha value is -1.88. The second-order valence-corrected chi connectivity index (χ2v) is 5.04. The van der Waals surface area contributed by atoms with Crippen molar-refractivity contribution >= 4 is 17.2 Å². The molecule has 1 aromatic heterocycles. The van der Waals surface area contributed by atoms with Gasteiger partial charge in [-0.05, 0) is 30.5 Å². The van der Waals surface area contributed by atoms with Crippen LogP contribution in [0.25, 0.3) is 0 Å². The van der Waals surface area contributed by atoms with Crippen LogP contribution >= 0.6 is 11.3 Å². The molecule has 2 aromatic rings. The molecular weight excluding hydrogens is 265 g/mol. The number of carbonyl (C=O) groups is 1. The summed E-state index contributed by atoms with van der Waals surface area (Å²) >= 11 is 1.55. The van der Waals surface area contributed by atoms with E-state index in [1.165, 1.54) is 19.2 Å². The van der Waals surface area contributed by atoms with Crippen molar-refractivity contribution < 1.29 is 13.9 Å². The summed E-state index contributed by atoms with van der Waals surface area (Å²) in [5.41, 5.74) is 0.0178. The van der Waals surface area contributed by atoms with Crippen molar-refractivity contribution in [2.45, 2.75) is 13.0 Å². The highest BCUT2D eigenvalue weighted by Gasteiger charge is 2.16. The number of ether oxygens (including phenoxy) is 1. The van der Waals surface area contributed by atoms with Crippen LogP contribution in [0.15, 0.2) is 35.7 Å². The second kappa shape index (κ2) is 5.84. The highest BCUT2D eigenvalue weighted by molar-refractivity contribution is 7.10. The zero-order chi connectivity index (χ0) is 13.8. The zero-order valence-electron chi connectivity index (χ0n) is 10.6. The fourth-order valence-electron chi connectivity index (χ4n) is 1.69. The number of nitrogens with one attached hydrogen (secondary N) is 1. The van der Waals surface area contributed by atoms with E-state index in [0.717, 1.165) is 4.88 Å². The monoisotopic (exact) mass is 279 g/mol. The molecule has 19 heavy (non-hydrogen) atoms. The Morgan fingerprint density at radius 2 is 2.21 bits per heavy atom. The Kier molecular flexibility index (Phi) is 4.16. The Balaban J connectivity index is 2.12. The van der Waals surface area contributed by atoms with E-state index < -0.39 is 11.7 Å². The van der Waals surface area contributed by atoms with Crippen LogP contribution in [0.1, 0.15) is 28.2 Å². The van der Waals surface area contributed by atoms with E-state index in [9.17, 15) is 9.18 Å². The van der Waals surface area contributed by atoms with Crippen LogP contribution in [0.5, 0.6) is 5.75 Å². The summed E-state index contributed by atoms with van der Waals surface area (Å²) in [6, 6.07) is 7.88. The molecule has 0 aliphatic carbocycles. The number of carbonyl (C=O) groups excluding carboxylic acids is 1. The maximum Gasteiger partial charge on any atom is 0.254 e. The topological polar surface area (TPSA) is 38.3 Å². The lowest BCUT2D eigenvalue weighted by Gasteiger charge is -2.13. The minimum absolute atomic E-state index is 0.0178. The van der Waals surface area contributed by atoms with Crippen LogP contribution < -0.4 is 10.1 Å². The van der Waals surface area contributed by atoms with Crippen LogP contribution in [0.3, 0.4) is 0 Å². The van der Waals surface area contributed by atoms with Gasteiger partial charge in [-0.25, -0.2) is 4.39 Å². The first kappa shape index (κ1) is 13.5. The molecule has 1 heterocycles. The molecule has 0 bridgehead atoms. The SMILES string of the molecule is COc1ccc(C(=O)NC(C)c2cccs2)c(F)c1. The number of hydrogen-bond acceptors (Lipinski definition) is 3. The molecule has 0 aliphatic rings. The molecule has 3 nitrogen and oxygen atoms in total. The van der Waals surface area contributed by atoms with Gasteiger partial charge < -0.3 is 10.1 Å². The van der Waals surface area contributed by atoms with Crippen molar-refractivity contribution in [3.05, 3.63) is 52.0 Å². The van der Waals surface area contributed by atoms with E-state index in [4.69, 9.17) is 4.74 Å². The number of halogens is 1. The van der Waals surface area contributed by atoms with Crippen LogP contribution in [-0.2, 0) is 0 Å². The molecule has 1 unspecified atom stereocenters. The van der Waals surface area contributed by atoms with Gasteiger partial charge in [0, 0.05) is 10.9 Å². The maximum absolute atomic E-state index is 13.7. The predicted molar refractivity (Wildman–Crippen MR) is 73.2 cm³/mol. The summed E-state index contributed by atoms with van der Waals surface area (Å²) in [7, 11) is 1.45. The molecule has 1 atom stereocenters. The van der Waals surface area contributed by atoms with E-state index in [-0.39, 0.29) is 11.6 Å². The van der Waals surface area contributed by atoms with Gasteiger partial charge in [0.05, 0.1) is 18.7 Å². The minimum Gasteiger partial charge on any atom is -0.497 e. The predicted octanol–water partition coefficient (Wildman–Crippen LogP) is 3.39. The van der Waals surface area contributed by atoms with Gasteiger partial charge in [-0.3, -0.25) is 4.79 Å². The molecule has 0 fully saturated rings. The summed E-state index contributed by atoms with van der Waals surface area (Å²) in [4.78, 5) is 13.0. The first-order valence-corrected chi connectivity index (χ1v) is 6.67. The molecule has 0 radical (unpaired) electrons. The molecular formula is C14H14FNO2S. The van der Waals surface area contributed by atoms with Gasteiger partial charge in [0.1, 0.15) is 11.6 Å². The third-order valence-corrected chi connectivity index (χ3v) is 3.79. The van der Waals surface area contributed by atoms with Crippen LogP contribution in [0.2, 0.25) is 0 Å². The van der Waals surface area contributed by atoms with E-state index in [1.807, 2.05) is 24.4 Å². The van der Waals surface area contributed by atoms with Gasteiger partial charge in [0.2, 0.25) is 0 Å². The van der Waals surface area contributed by atoms with Crippen LogP contribution in [0.4, 0.5) is 4.39 Å². The highest BCUT2D eigenvalue weighted by atomic mass is 32.1. The summed E-state index contributed by atoms with van der Waals surface area (Å²) in [5, 5.41) is 4.70. The number of thiophene rings is 1. The summed E-state index contributed by atoms with van der Waals surface area (Å²) < 4.78 is 18.6. The Bertz CT molecular complexity index is 569. The molecule has 0 saturated heterocycles. The summed E-state index contributed by atoms with van der Waals surface area (Å²) in [6.07, 6.45) is 0. The standard InChI is InChI=1S/C14H14FNO2S/c1-9(13-4-3-7-19-13)16-14(17)11-6-5-10(18-2)8-12(11)15/h3-9H,1-2H3,(H,16,17). The first-order chi connectivity index (χ1) is 9.11. The normalized spacial score (nSPS) is 11.9. The molecule has 0 spiro atoms. The second-order valence-electron chi connectivity index (χ2n) is 4.06. The first-order valence-electron chi connectivity index (χ1n) is 5.79. The van der Waals surface area contributed by atoms with Crippen molar-refractivity contribution in [3.63, 3.8) is 0 Å². The Morgan fingerprint density at radius 3 is 2.79 bits per heavy atom. The third kappa shape index (κ3) is 3.12. The number of hydrogen-bond donors (Lipinski definition) is 1. The van der Waals surface area contributed by atoms with Crippen molar-refractivity contribution in [1.82, 2.24) is 5.32 Å².